The van der Waals surface area contributed by atoms with Gasteiger partial charge in [-0.25, -0.2) is 0 Å². The van der Waals surface area contributed by atoms with Crippen molar-refractivity contribution >= 4 is 0 Å². The van der Waals surface area contributed by atoms with E-state index in [2.05, 4.69) is 17.2 Å². The molecule has 1 aromatic rings. The normalized spacial score (nSPS) is 24.0. The van der Waals surface area contributed by atoms with E-state index in [1.54, 1.807) is 6.20 Å². The molecule has 2 N–H and O–H groups in total. The van der Waals surface area contributed by atoms with Gasteiger partial charge in [0.2, 0.25) is 0 Å². The van der Waals surface area contributed by atoms with Crippen LogP contribution in [0.4, 0.5) is 0 Å². The van der Waals surface area contributed by atoms with Crippen molar-refractivity contribution in [1.29, 1.82) is 0 Å². The number of pyridine rings is 1. The van der Waals surface area contributed by atoms with Gasteiger partial charge >= 0.3 is 0 Å². The molecule has 1 saturated carbocycles. The second-order valence-corrected chi connectivity index (χ2v) is 6.31. The molecule has 0 saturated heterocycles. The number of aliphatic hydroxyl groups is 1. The van der Waals surface area contributed by atoms with Crippen molar-refractivity contribution < 1.29 is 9.84 Å². The van der Waals surface area contributed by atoms with Crippen LogP contribution < -0.4 is 5.32 Å². The number of nitrogens with one attached hydrogen (secondary N) is 1. The lowest BCUT2D eigenvalue weighted by atomic mass is 9.89. The predicted molar refractivity (Wildman–Crippen MR) is 84.1 cm³/mol. The molecule has 3 atom stereocenters. The Balaban J connectivity index is 1.61. The van der Waals surface area contributed by atoms with Gasteiger partial charge in [0.1, 0.15) is 0 Å². The van der Waals surface area contributed by atoms with Crippen molar-refractivity contribution in [2.45, 2.75) is 58.3 Å². The molecule has 4 heteroatoms. The molecule has 118 valence electrons. The van der Waals surface area contributed by atoms with Crippen LogP contribution in [0.2, 0.25) is 0 Å². The molecular weight excluding hydrogens is 264 g/mol. The number of rotatable bonds is 7. The molecule has 1 fully saturated rings. The third-order valence-corrected chi connectivity index (χ3v) is 4.24. The third-order valence-electron chi connectivity index (χ3n) is 4.24. The van der Waals surface area contributed by atoms with Crippen LogP contribution in [0.1, 0.15) is 43.7 Å². The molecule has 3 unspecified atom stereocenters. The standard InChI is InChI=1S/C17H28N2O2/c1-13-4-3-5-17(8-13)21-12-16(20)11-19-10-15-6-7-18-9-14(15)2/h6-7,9,13,16-17,19-20H,3-5,8,10-12H2,1-2H3. The SMILES string of the molecule is Cc1cnccc1CNCC(O)COC1CCCC(C)C1. The summed E-state index contributed by atoms with van der Waals surface area (Å²) in [5.41, 5.74) is 2.39. The average Bonchev–Trinajstić information content (AvgIpc) is 2.47. The van der Waals surface area contributed by atoms with Crippen LogP contribution in [-0.2, 0) is 11.3 Å². The van der Waals surface area contributed by atoms with E-state index in [0.29, 0.717) is 19.3 Å². The van der Waals surface area contributed by atoms with E-state index >= 15 is 0 Å². The van der Waals surface area contributed by atoms with Crippen molar-refractivity contribution in [2.24, 2.45) is 5.92 Å². The van der Waals surface area contributed by atoms with Gasteiger partial charge in [-0.15, -0.1) is 0 Å². The lowest BCUT2D eigenvalue weighted by Crippen LogP contribution is -2.33. The summed E-state index contributed by atoms with van der Waals surface area (Å²) < 4.78 is 5.84. The molecule has 0 aliphatic heterocycles. The Morgan fingerprint density at radius 1 is 1.48 bits per heavy atom. The van der Waals surface area contributed by atoms with E-state index in [1.165, 1.54) is 24.0 Å². The molecular formula is C17H28N2O2. The Morgan fingerprint density at radius 2 is 2.33 bits per heavy atom. The highest BCUT2D eigenvalue weighted by Gasteiger charge is 2.20. The zero-order valence-electron chi connectivity index (χ0n) is 13.2. The first-order valence-electron chi connectivity index (χ1n) is 8.05. The summed E-state index contributed by atoms with van der Waals surface area (Å²) in [5, 5.41) is 13.3. The van der Waals surface area contributed by atoms with E-state index in [4.69, 9.17) is 4.74 Å². The Kier molecular flexibility index (Phi) is 6.61. The maximum Gasteiger partial charge on any atom is 0.0897 e. The van der Waals surface area contributed by atoms with Crippen molar-refractivity contribution in [3.05, 3.63) is 29.6 Å². The minimum absolute atomic E-state index is 0.339. The molecule has 0 aromatic carbocycles. The smallest absolute Gasteiger partial charge is 0.0897 e. The second kappa shape index (κ2) is 8.47. The quantitative estimate of drug-likeness (QED) is 0.810. The molecule has 21 heavy (non-hydrogen) atoms. The number of hydrogen-bond donors (Lipinski definition) is 2. The summed E-state index contributed by atoms with van der Waals surface area (Å²) in [6, 6.07) is 2.01. The van der Waals surface area contributed by atoms with E-state index in [1.807, 2.05) is 19.2 Å². The van der Waals surface area contributed by atoms with Gasteiger partial charge in [0, 0.05) is 25.5 Å². The topological polar surface area (TPSA) is 54.4 Å². The molecule has 2 rings (SSSR count). The first-order chi connectivity index (χ1) is 10.1. The number of aromatic nitrogens is 1. The molecule has 1 aliphatic rings. The van der Waals surface area contributed by atoms with E-state index in [0.717, 1.165) is 25.3 Å². The van der Waals surface area contributed by atoms with Crippen molar-refractivity contribution in [2.75, 3.05) is 13.2 Å². The highest BCUT2D eigenvalue weighted by atomic mass is 16.5. The van der Waals surface area contributed by atoms with Crippen molar-refractivity contribution in [1.82, 2.24) is 10.3 Å². The van der Waals surface area contributed by atoms with Gasteiger partial charge in [0.15, 0.2) is 0 Å². The molecule has 4 nitrogen and oxygen atoms in total. The minimum Gasteiger partial charge on any atom is -0.389 e. The van der Waals surface area contributed by atoms with Gasteiger partial charge in [-0.2, -0.15) is 0 Å². The summed E-state index contributed by atoms with van der Waals surface area (Å²) >= 11 is 0. The largest absolute Gasteiger partial charge is 0.389 e. The Morgan fingerprint density at radius 3 is 3.10 bits per heavy atom. The zero-order chi connectivity index (χ0) is 15.1. The zero-order valence-corrected chi connectivity index (χ0v) is 13.2. The van der Waals surface area contributed by atoms with E-state index in [9.17, 15) is 5.11 Å². The molecule has 0 radical (unpaired) electrons. The summed E-state index contributed by atoms with van der Waals surface area (Å²) in [6.45, 7) is 6.08. The molecule has 0 spiro atoms. The van der Waals surface area contributed by atoms with Gasteiger partial charge in [-0.1, -0.05) is 19.8 Å². The fraction of sp³-hybridized carbons (Fsp3) is 0.706. The van der Waals surface area contributed by atoms with Crippen LogP contribution in [0.5, 0.6) is 0 Å². The first-order valence-corrected chi connectivity index (χ1v) is 8.05. The Bertz CT molecular complexity index is 425. The lowest BCUT2D eigenvalue weighted by Gasteiger charge is -2.27. The van der Waals surface area contributed by atoms with E-state index < -0.39 is 6.10 Å². The van der Waals surface area contributed by atoms with Gasteiger partial charge < -0.3 is 15.2 Å². The summed E-state index contributed by atoms with van der Waals surface area (Å²) in [5.74, 6) is 0.758. The Hall–Kier alpha value is -0.970. The van der Waals surface area contributed by atoms with E-state index in [-0.39, 0.29) is 0 Å². The van der Waals surface area contributed by atoms with Crippen LogP contribution in [0.25, 0.3) is 0 Å². The summed E-state index contributed by atoms with van der Waals surface area (Å²) in [4.78, 5) is 4.08. The average molecular weight is 292 g/mol. The fourth-order valence-corrected chi connectivity index (χ4v) is 2.91. The van der Waals surface area contributed by atoms with Crippen molar-refractivity contribution in [3.63, 3.8) is 0 Å². The van der Waals surface area contributed by atoms with Gasteiger partial charge in [-0.3, -0.25) is 4.98 Å². The van der Waals surface area contributed by atoms with Crippen LogP contribution >= 0.6 is 0 Å². The fourth-order valence-electron chi connectivity index (χ4n) is 2.91. The highest BCUT2D eigenvalue weighted by Crippen LogP contribution is 2.25. The van der Waals surface area contributed by atoms with Crippen molar-refractivity contribution in [3.8, 4) is 0 Å². The summed E-state index contributed by atoms with van der Waals surface area (Å²) in [7, 11) is 0. The predicted octanol–water partition coefficient (Wildman–Crippen LogP) is 2.44. The third kappa shape index (κ3) is 5.73. The molecule has 1 heterocycles. The van der Waals surface area contributed by atoms with Crippen LogP contribution in [0.15, 0.2) is 18.5 Å². The number of nitrogens with zero attached hydrogens (tertiary/aromatic N) is 1. The maximum atomic E-state index is 9.99. The summed E-state index contributed by atoms with van der Waals surface area (Å²) in [6.07, 6.45) is 8.40. The molecule has 0 bridgehead atoms. The number of aryl methyl sites for hydroxylation is 1. The lowest BCUT2D eigenvalue weighted by molar-refractivity contribution is -0.0306. The maximum absolute atomic E-state index is 9.99. The molecule has 1 aliphatic carbocycles. The molecule has 0 amide bonds. The highest BCUT2D eigenvalue weighted by molar-refractivity contribution is 5.21. The Labute approximate surface area is 127 Å². The first kappa shape index (κ1) is 16.4. The van der Waals surface area contributed by atoms with Crippen LogP contribution in [-0.4, -0.2) is 35.5 Å². The number of hydrogen-bond acceptors (Lipinski definition) is 4. The van der Waals surface area contributed by atoms with Gasteiger partial charge in [-0.05, 0) is 42.9 Å². The second-order valence-electron chi connectivity index (χ2n) is 6.31. The molecule has 1 aromatic heterocycles. The van der Waals surface area contributed by atoms with Crippen LogP contribution in [0.3, 0.4) is 0 Å². The van der Waals surface area contributed by atoms with Gasteiger partial charge in [0.05, 0.1) is 18.8 Å². The number of aliphatic hydroxyl groups excluding tert-OH is 1. The minimum atomic E-state index is -0.440. The van der Waals surface area contributed by atoms with Crippen LogP contribution in [0, 0.1) is 12.8 Å². The number of ether oxygens (including phenoxy) is 1. The van der Waals surface area contributed by atoms with Gasteiger partial charge in [0.25, 0.3) is 0 Å². The monoisotopic (exact) mass is 292 g/mol.